The Morgan fingerprint density at radius 2 is 1.75 bits per heavy atom. The molecule has 0 aliphatic rings. The first-order valence-electron chi connectivity index (χ1n) is 8.42. The van der Waals surface area contributed by atoms with Gasteiger partial charge in [-0.15, -0.1) is 11.3 Å². The number of aliphatic imine (C=N–C) groups is 1. The summed E-state index contributed by atoms with van der Waals surface area (Å²) in [6.07, 6.45) is 0. The molecule has 0 atom stereocenters. The molecule has 1 heterocycles. The van der Waals surface area contributed by atoms with Gasteiger partial charge in [0.25, 0.3) is 0 Å². The van der Waals surface area contributed by atoms with Gasteiger partial charge in [0.15, 0.2) is 5.96 Å². The fourth-order valence-corrected chi connectivity index (χ4v) is 3.74. The lowest BCUT2D eigenvalue weighted by Crippen LogP contribution is -2.36. The first kappa shape index (κ1) is 18.5. The first-order valence-corrected chi connectivity index (χ1v) is 9.24. The summed E-state index contributed by atoms with van der Waals surface area (Å²) in [4.78, 5) is 10.5. The highest BCUT2D eigenvalue weighted by Gasteiger charge is 2.07. The minimum atomic E-state index is 0.688. The minimum Gasteiger partial charge on any atom is -0.357 e. The van der Waals surface area contributed by atoms with Gasteiger partial charge in [-0.25, -0.2) is 9.98 Å². The van der Waals surface area contributed by atoms with Crippen LogP contribution >= 0.6 is 11.3 Å². The number of benzene rings is 1. The van der Waals surface area contributed by atoms with Crippen LogP contribution in [0, 0.1) is 34.6 Å². The summed E-state index contributed by atoms with van der Waals surface area (Å²) in [5, 5.41) is 7.85. The zero-order valence-electron chi connectivity index (χ0n) is 15.6. The maximum atomic E-state index is 4.77. The van der Waals surface area contributed by atoms with Crippen molar-refractivity contribution >= 4 is 17.3 Å². The molecule has 130 valence electrons. The van der Waals surface area contributed by atoms with Gasteiger partial charge in [0, 0.05) is 11.4 Å². The van der Waals surface area contributed by atoms with Gasteiger partial charge < -0.3 is 10.6 Å². The molecule has 0 unspecified atom stereocenters. The second kappa shape index (κ2) is 8.29. The fraction of sp³-hybridized carbons (Fsp3) is 0.474. The van der Waals surface area contributed by atoms with Crippen LogP contribution in [-0.2, 0) is 13.1 Å². The number of hydrogen-bond donors (Lipinski definition) is 2. The van der Waals surface area contributed by atoms with Crippen molar-refractivity contribution in [2.24, 2.45) is 4.99 Å². The maximum Gasteiger partial charge on any atom is 0.191 e. The minimum absolute atomic E-state index is 0.688. The quantitative estimate of drug-likeness (QED) is 0.638. The normalized spacial score (nSPS) is 11.7. The summed E-state index contributed by atoms with van der Waals surface area (Å²) in [6.45, 7) is 14.9. The molecule has 0 spiro atoms. The van der Waals surface area contributed by atoms with Crippen molar-refractivity contribution in [1.82, 2.24) is 15.6 Å². The molecular weight excluding hydrogens is 316 g/mol. The zero-order chi connectivity index (χ0) is 17.7. The fourth-order valence-electron chi connectivity index (χ4n) is 2.86. The van der Waals surface area contributed by atoms with Crippen LogP contribution in [0.2, 0.25) is 0 Å². The first-order chi connectivity index (χ1) is 11.4. The Morgan fingerprint density at radius 1 is 1.08 bits per heavy atom. The standard InChI is InChI=1S/C19H28N4S/c1-7-20-19(22-11-18-15(5)23-16(6)24-18)21-10-17-13(3)8-12(2)9-14(17)4/h8-9H,7,10-11H2,1-6H3,(H2,20,21,22). The average molecular weight is 345 g/mol. The van der Waals surface area contributed by atoms with Gasteiger partial charge in [0.05, 0.1) is 23.8 Å². The van der Waals surface area contributed by atoms with Gasteiger partial charge in [-0.2, -0.15) is 0 Å². The van der Waals surface area contributed by atoms with Crippen LogP contribution in [0.25, 0.3) is 0 Å². The average Bonchev–Trinajstić information content (AvgIpc) is 2.81. The molecule has 5 heteroatoms. The van der Waals surface area contributed by atoms with E-state index in [9.17, 15) is 0 Å². The number of nitrogens with zero attached hydrogens (tertiary/aromatic N) is 2. The molecule has 0 aliphatic carbocycles. The Hall–Kier alpha value is -1.88. The lowest BCUT2D eigenvalue weighted by atomic mass is 10.00. The number of guanidine groups is 1. The highest BCUT2D eigenvalue weighted by atomic mass is 32.1. The van der Waals surface area contributed by atoms with E-state index in [0.717, 1.165) is 29.8 Å². The van der Waals surface area contributed by atoms with Gasteiger partial charge in [0.1, 0.15) is 0 Å². The van der Waals surface area contributed by atoms with Crippen LogP contribution in [0.15, 0.2) is 17.1 Å². The largest absolute Gasteiger partial charge is 0.357 e. The molecule has 4 nitrogen and oxygen atoms in total. The van der Waals surface area contributed by atoms with E-state index in [1.54, 1.807) is 11.3 Å². The van der Waals surface area contributed by atoms with E-state index in [1.165, 1.54) is 27.1 Å². The lowest BCUT2D eigenvalue weighted by Gasteiger charge is -2.13. The summed E-state index contributed by atoms with van der Waals surface area (Å²) < 4.78 is 0. The van der Waals surface area contributed by atoms with Gasteiger partial charge in [-0.1, -0.05) is 17.7 Å². The Balaban J connectivity index is 2.09. The molecule has 0 fully saturated rings. The van der Waals surface area contributed by atoms with Crippen LogP contribution in [-0.4, -0.2) is 17.5 Å². The molecule has 0 amide bonds. The third-order valence-corrected chi connectivity index (χ3v) is 5.07. The SMILES string of the molecule is CCNC(=NCc1c(C)cc(C)cc1C)NCc1sc(C)nc1C. The zero-order valence-corrected chi connectivity index (χ0v) is 16.4. The Kier molecular flexibility index (Phi) is 6.37. The molecule has 1 aromatic heterocycles. The molecule has 1 aromatic carbocycles. The summed E-state index contributed by atoms with van der Waals surface area (Å²) in [6, 6.07) is 4.45. The molecule has 2 N–H and O–H groups in total. The molecule has 24 heavy (non-hydrogen) atoms. The van der Waals surface area contributed by atoms with E-state index in [0.29, 0.717) is 6.54 Å². The van der Waals surface area contributed by atoms with E-state index in [1.807, 2.05) is 6.92 Å². The van der Waals surface area contributed by atoms with Crippen molar-refractivity contribution in [3.05, 3.63) is 50.0 Å². The third kappa shape index (κ3) is 4.81. The van der Waals surface area contributed by atoms with Gasteiger partial charge in [0.2, 0.25) is 0 Å². The molecule has 2 rings (SSSR count). The van der Waals surface area contributed by atoms with Crippen LogP contribution in [0.1, 0.15) is 44.8 Å². The number of aryl methyl sites for hydroxylation is 5. The molecule has 2 aromatic rings. The van der Waals surface area contributed by atoms with E-state index < -0.39 is 0 Å². The van der Waals surface area contributed by atoms with E-state index in [2.05, 4.69) is 62.4 Å². The number of rotatable bonds is 5. The topological polar surface area (TPSA) is 49.3 Å². The molecule has 0 bridgehead atoms. The maximum absolute atomic E-state index is 4.77. The van der Waals surface area contributed by atoms with Crippen molar-refractivity contribution < 1.29 is 0 Å². The Labute approximate surface area is 149 Å². The molecular formula is C19H28N4S. The van der Waals surface area contributed by atoms with Crippen LogP contribution in [0.5, 0.6) is 0 Å². The van der Waals surface area contributed by atoms with Crippen LogP contribution in [0.3, 0.4) is 0 Å². The molecule has 0 saturated carbocycles. The van der Waals surface area contributed by atoms with Crippen molar-refractivity contribution in [2.45, 2.75) is 54.6 Å². The third-order valence-electron chi connectivity index (χ3n) is 4.00. The van der Waals surface area contributed by atoms with E-state index >= 15 is 0 Å². The summed E-state index contributed by atoms with van der Waals surface area (Å²) >= 11 is 1.74. The monoisotopic (exact) mass is 344 g/mol. The number of hydrogen-bond acceptors (Lipinski definition) is 3. The molecule has 0 saturated heterocycles. The predicted octanol–water partition coefficient (Wildman–Crippen LogP) is 3.94. The van der Waals surface area contributed by atoms with E-state index in [-0.39, 0.29) is 0 Å². The molecule has 0 radical (unpaired) electrons. The van der Waals surface area contributed by atoms with Crippen molar-refractivity contribution in [2.75, 3.05) is 6.54 Å². The highest BCUT2D eigenvalue weighted by Crippen LogP contribution is 2.18. The highest BCUT2D eigenvalue weighted by molar-refractivity contribution is 7.11. The van der Waals surface area contributed by atoms with E-state index in [4.69, 9.17) is 4.99 Å². The Morgan fingerprint density at radius 3 is 2.29 bits per heavy atom. The summed E-state index contributed by atoms with van der Waals surface area (Å²) in [5.74, 6) is 0.849. The second-order valence-corrected chi connectivity index (χ2v) is 7.46. The van der Waals surface area contributed by atoms with Crippen LogP contribution in [0.4, 0.5) is 0 Å². The molecule has 0 aliphatic heterocycles. The number of nitrogens with one attached hydrogen (secondary N) is 2. The smallest absolute Gasteiger partial charge is 0.191 e. The van der Waals surface area contributed by atoms with Crippen molar-refractivity contribution in [1.29, 1.82) is 0 Å². The van der Waals surface area contributed by atoms with Crippen LogP contribution < -0.4 is 10.6 Å². The van der Waals surface area contributed by atoms with Gasteiger partial charge in [-0.3, -0.25) is 0 Å². The summed E-state index contributed by atoms with van der Waals surface area (Å²) in [5.41, 5.74) is 6.33. The number of thiazole rings is 1. The second-order valence-electron chi connectivity index (χ2n) is 6.17. The Bertz CT molecular complexity index is 708. The van der Waals surface area contributed by atoms with Gasteiger partial charge in [-0.05, 0) is 58.2 Å². The summed E-state index contributed by atoms with van der Waals surface area (Å²) in [7, 11) is 0. The van der Waals surface area contributed by atoms with Gasteiger partial charge >= 0.3 is 0 Å². The van der Waals surface area contributed by atoms with Crippen molar-refractivity contribution in [3.63, 3.8) is 0 Å². The predicted molar refractivity (Wildman–Crippen MR) is 104 cm³/mol. The van der Waals surface area contributed by atoms with Crippen molar-refractivity contribution in [3.8, 4) is 0 Å². The lowest BCUT2D eigenvalue weighted by molar-refractivity contribution is 0.817. The number of aromatic nitrogens is 1.